The van der Waals surface area contributed by atoms with E-state index in [0.29, 0.717) is 16.8 Å². The van der Waals surface area contributed by atoms with Crippen molar-refractivity contribution >= 4 is 23.1 Å². The summed E-state index contributed by atoms with van der Waals surface area (Å²) in [7, 11) is 1.83. The molecule has 0 aliphatic rings. The molecule has 9 heteroatoms. The quantitative estimate of drug-likeness (QED) is 0.417. The molecular formula is C26H23F2N5O2. The molecule has 2 aromatic heterocycles. The van der Waals surface area contributed by atoms with E-state index in [1.54, 1.807) is 43.6 Å². The first-order valence-corrected chi connectivity index (χ1v) is 10.9. The number of carbonyl (C=O) groups excluding carboxylic acids is 1. The monoisotopic (exact) mass is 475 g/mol. The van der Waals surface area contributed by atoms with Crippen molar-refractivity contribution < 1.29 is 13.6 Å². The molecule has 1 amide bonds. The largest absolute Gasteiger partial charge is 0.343 e. The third-order valence-corrected chi connectivity index (χ3v) is 5.50. The van der Waals surface area contributed by atoms with Gasteiger partial charge in [0.1, 0.15) is 11.6 Å². The van der Waals surface area contributed by atoms with E-state index in [0.717, 1.165) is 11.4 Å². The molecule has 0 bridgehead atoms. The average Bonchev–Trinajstić information content (AvgIpc) is 2.87. The minimum Gasteiger partial charge on any atom is -0.343 e. The molecule has 2 aromatic carbocycles. The van der Waals surface area contributed by atoms with E-state index in [-0.39, 0.29) is 30.5 Å². The van der Waals surface area contributed by atoms with Gasteiger partial charge in [0.25, 0.3) is 5.56 Å². The maximum absolute atomic E-state index is 13.5. The molecule has 1 N–H and O–H groups in total. The summed E-state index contributed by atoms with van der Waals surface area (Å²) in [5, 5.41) is 2.53. The summed E-state index contributed by atoms with van der Waals surface area (Å²) in [4.78, 5) is 35.5. The van der Waals surface area contributed by atoms with Crippen molar-refractivity contribution in [2.75, 3.05) is 17.3 Å². The Kier molecular flexibility index (Phi) is 6.96. The molecule has 0 unspecified atom stereocenters. The van der Waals surface area contributed by atoms with Crippen LogP contribution in [0.3, 0.4) is 0 Å². The molecule has 35 heavy (non-hydrogen) atoms. The standard InChI is InChI=1S/C26H23F2N5O2/c1-3-24(34)31-25-26(35)33(23(15-30-25)18-4-6-19(27)7-5-18)16-17-12-22(14-29-13-17)32(2)21-10-8-20(28)9-11-21/h4-15H,3,16H2,1-2H3,(H,30,31,34). The third-order valence-electron chi connectivity index (χ3n) is 5.50. The number of nitrogens with one attached hydrogen (secondary N) is 1. The van der Waals surface area contributed by atoms with Crippen molar-refractivity contribution in [1.29, 1.82) is 0 Å². The summed E-state index contributed by atoms with van der Waals surface area (Å²) >= 11 is 0. The maximum Gasteiger partial charge on any atom is 0.294 e. The minimum atomic E-state index is -0.495. The van der Waals surface area contributed by atoms with Crippen LogP contribution in [0.4, 0.5) is 26.0 Å². The summed E-state index contributed by atoms with van der Waals surface area (Å²) in [5.41, 5.74) is 2.77. The van der Waals surface area contributed by atoms with Gasteiger partial charge < -0.3 is 10.2 Å². The number of nitrogens with zero attached hydrogens (tertiary/aromatic N) is 4. The van der Waals surface area contributed by atoms with E-state index in [4.69, 9.17) is 0 Å². The molecular weight excluding hydrogens is 452 g/mol. The summed E-state index contributed by atoms with van der Waals surface area (Å²) in [6, 6.07) is 13.7. The number of hydrogen-bond acceptors (Lipinski definition) is 5. The molecule has 0 spiro atoms. The van der Waals surface area contributed by atoms with Crippen molar-refractivity contribution in [2.45, 2.75) is 19.9 Å². The van der Waals surface area contributed by atoms with Crippen LogP contribution in [0.2, 0.25) is 0 Å². The molecule has 0 saturated heterocycles. The number of rotatable bonds is 7. The molecule has 0 aliphatic carbocycles. The van der Waals surface area contributed by atoms with Gasteiger partial charge >= 0.3 is 0 Å². The lowest BCUT2D eigenvalue weighted by molar-refractivity contribution is -0.115. The molecule has 0 atom stereocenters. The highest BCUT2D eigenvalue weighted by Crippen LogP contribution is 2.25. The lowest BCUT2D eigenvalue weighted by Crippen LogP contribution is -2.28. The maximum atomic E-state index is 13.5. The topological polar surface area (TPSA) is 80.1 Å². The predicted molar refractivity (Wildman–Crippen MR) is 131 cm³/mol. The average molecular weight is 475 g/mol. The fraction of sp³-hybridized carbons (Fsp3) is 0.154. The van der Waals surface area contributed by atoms with Crippen LogP contribution in [0.5, 0.6) is 0 Å². The molecule has 2 heterocycles. The number of benzene rings is 2. The lowest BCUT2D eigenvalue weighted by Gasteiger charge is -2.20. The molecule has 0 radical (unpaired) electrons. The van der Waals surface area contributed by atoms with Gasteiger partial charge in [-0.25, -0.2) is 13.8 Å². The number of amides is 1. The second-order valence-corrected chi connectivity index (χ2v) is 7.88. The molecule has 0 aliphatic heterocycles. The Morgan fingerprint density at radius 3 is 2.29 bits per heavy atom. The van der Waals surface area contributed by atoms with Gasteiger partial charge in [0, 0.05) is 30.9 Å². The zero-order valence-electron chi connectivity index (χ0n) is 19.2. The van der Waals surface area contributed by atoms with Crippen LogP contribution in [-0.2, 0) is 11.3 Å². The van der Waals surface area contributed by atoms with Gasteiger partial charge in [-0.15, -0.1) is 0 Å². The minimum absolute atomic E-state index is 0.0877. The van der Waals surface area contributed by atoms with Gasteiger partial charge in [-0.05, 0) is 60.2 Å². The summed E-state index contributed by atoms with van der Waals surface area (Å²) in [5.74, 6) is -1.15. The van der Waals surface area contributed by atoms with Gasteiger partial charge in [-0.3, -0.25) is 19.1 Å². The Balaban J connectivity index is 1.74. The number of carbonyl (C=O) groups is 1. The first-order valence-electron chi connectivity index (χ1n) is 10.9. The van der Waals surface area contributed by atoms with Gasteiger partial charge in [0.15, 0.2) is 5.82 Å². The predicted octanol–water partition coefficient (Wildman–Crippen LogP) is 4.75. The molecule has 4 aromatic rings. The first-order chi connectivity index (χ1) is 16.9. The Hall–Kier alpha value is -4.40. The molecule has 7 nitrogen and oxygen atoms in total. The van der Waals surface area contributed by atoms with Crippen molar-refractivity contribution in [2.24, 2.45) is 0 Å². The van der Waals surface area contributed by atoms with Crippen LogP contribution >= 0.6 is 0 Å². The Bertz CT molecular complexity index is 1400. The number of aromatic nitrogens is 3. The van der Waals surface area contributed by atoms with Gasteiger partial charge in [0.2, 0.25) is 5.91 Å². The third kappa shape index (κ3) is 5.40. The van der Waals surface area contributed by atoms with Crippen molar-refractivity contribution in [3.63, 3.8) is 0 Å². The van der Waals surface area contributed by atoms with Gasteiger partial charge in [-0.1, -0.05) is 6.92 Å². The number of hydrogen-bond donors (Lipinski definition) is 1. The second kappa shape index (κ2) is 10.3. The molecule has 178 valence electrons. The van der Waals surface area contributed by atoms with E-state index in [9.17, 15) is 18.4 Å². The molecule has 4 rings (SSSR count). The SMILES string of the molecule is CCC(=O)Nc1ncc(-c2ccc(F)cc2)n(Cc2cncc(N(C)c3ccc(F)cc3)c2)c1=O. The number of pyridine rings is 1. The first kappa shape index (κ1) is 23.7. The van der Waals surface area contributed by atoms with Crippen molar-refractivity contribution in [1.82, 2.24) is 14.5 Å². The van der Waals surface area contributed by atoms with Crippen LogP contribution in [0, 0.1) is 11.6 Å². The smallest absolute Gasteiger partial charge is 0.294 e. The lowest BCUT2D eigenvalue weighted by atomic mass is 10.1. The van der Waals surface area contributed by atoms with E-state index in [1.807, 2.05) is 18.0 Å². The van der Waals surface area contributed by atoms with E-state index < -0.39 is 11.4 Å². The number of anilines is 3. The van der Waals surface area contributed by atoms with Crippen molar-refractivity contribution in [3.05, 3.63) is 101 Å². The highest BCUT2D eigenvalue weighted by molar-refractivity contribution is 5.89. The molecule has 0 saturated carbocycles. The Morgan fingerprint density at radius 2 is 1.63 bits per heavy atom. The zero-order valence-corrected chi connectivity index (χ0v) is 19.2. The summed E-state index contributed by atoms with van der Waals surface area (Å²) in [6.07, 6.45) is 4.97. The normalized spacial score (nSPS) is 10.7. The summed E-state index contributed by atoms with van der Waals surface area (Å²) < 4.78 is 28.3. The van der Waals surface area contributed by atoms with Crippen molar-refractivity contribution in [3.8, 4) is 11.3 Å². The van der Waals surface area contributed by atoms with E-state index in [2.05, 4.69) is 15.3 Å². The summed E-state index contributed by atoms with van der Waals surface area (Å²) in [6.45, 7) is 1.80. The molecule has 0 fully saturated rings. The van der Waals surface area contributed by atoms with Crippen LogP contribution in [0.1, 0.15) is 18.9 Å². The fourth-order valence-electron chi connectivity index (χ4n) is 3.54. The zero-order chi connectivity index (χ0) is 24.9. The second-order valence-electron chi connectivity index (χ2n) is 7.88. The van der Waals surface area contributed by atoms with Crippen LogP contribution in [-0.4, -0.2) is 27.5 Å². The van der Waals surface area contributed by atoms with E-state index >= 15 is 0 Å². The van der Waals surface area contributed by atoms with Gasteiger partial charge in [-0.2, -0.15) is 0 Å². The Labute approximate surface area is 200 Å². The highest BCUT2D eigenvalue weighted by Gasteiger charge is 2.15. The van der Waals surface area contributed by atoms with Crippen LogP contribution < -0.4 is 15.8 Å². The Morgan fingerprint density at radius 1 is 0.971 bits per heavy atom. The number of halogens is 2. The fourth-order valence-corrected chi connectivity index (χ4v) is 3.54. The van der Waals surface area contributed by atoms with E-state index in [1.165, 1.54) is 35.0 Å². The van der Waals surface area contributed by atoms with Crippen LogP contribution in [0.25, 0.3) is 11.3 Å². The highest BCUT2D eigenvalue weighted by atomic mass is 19.1. The van der Waals surface area contributed by atoms with Crippen LogP contribution in [0.15, 0.2) is 78.0 Å². The van der Waals surface area contributed by atoms with Gasteiger partial charge in [0.05, 0.1) is 30.3 Å².